The summed E-state index contributed by atoms with van der Waals surface area (Å²) in [6.45, 7) is 3.82. The van der Waals surface area contributed by atoms with Crippen LogP contribution < -0.4 is 10.6 Å². The van der Waals surface area contributed by atoms with Crippen LogP contribution in [0.5, 0.6) is 0 Å². The van der Waals surface area contributed by atoms with E-state index in [9.17, 15) is 0 Å². The third-order valence-corrected chi connectivity index (χ3v) is 4.96. The normalized spacial score (nSPS) is 13.2. The number of nitrogens with zero attached hydrogens (tertiary/aromatic N) is 1. The van der Waals surface area contributed by atoms with E-state index in [0.29, 0.717) is 5.92 Å². The molecule has 0 aliphatic carbocycles. The number of rotatable bonds is 5. The first-order valence-corrected chi connectivity index (χ1v) is 8.69. The molecule has 0 bridgehead atoms. The molecule has 0 amide bonds. The van der Waals surface area contributed by atoms with E-state index < -0.39 is 0 Å². The van der Waals surface area contributed by atoms with E-state index in [1.807, 2.05) is 6.07 Å². The van der Waals surface area contributed by atoms with E-state index in [0.717, 1.165) is 24.7 Å². The highest BCUT2D eigenvalue weighted by molar-refractivity contribution is 7.10. The number of thiophene rings is 1. The zero-order chi connectivity index (χ0) is 16.1. The van der Waals surface area contributed by atoms with Crippen molar-refractivity contribution in [2.75, 3.05) is 13.6 Å². The largest absolute Gasteiger partial charge is 0.357 e. The monoisotopic (exact) mass is 326 g/mol. The van der Waals surface area contributed by atoms with Crippen LogP contribution in [0.15, 0.2) is 52.8 Å². The lowest BCUT2D eigenvalue weighted by molar-refractivity contribution is 0.706. The van der Waals surface area contributed by atoms with Crippen LogP contribution >= 0.6 is 11.3 Å². The van der Waals surface area contributed by atoms with E-state index in [4.69, 9.17) is 0 Å². The summed E-state index contributed by atoms with van der Waals surface area (Å²) >= 11 is 1.80. The Morgan fingerprint density at radius 3 is 2.83 bits per heavy atom. The molecule has 0 spiro atoms. The van der Waals surface area contributed by atoms with Gasteiger partial charge in [-0.1, -0.05) is 31.2 Å². The molecule has 120 valence electrons. The van der Waals surface area contributed by atoms with Crippen LogP contribution in [0.3, 0.4) is 0 Å². The van der Waals surface area contributed by atoms with Gasteiger partial charge in [-0.3, -0.25) is 4.99 Å². The van der Waals surface area contributed by atoms with Gasteiger partial charge in [-0.2, -0.15) is 0 Å². The van der Waals surface area contributed by atoms with Gasteiger partial charge >= 0.3 is 0 Å². The first kappa shape index (κ1) is 15.6. The van der Waals surface area contributed by atoms with E-state index in [1.165, 1.54) is 15.8 Å². The summed E-state index contributed by atoms with van der Waals surface area (Å²) in [5, 5.41) is 10.1. The van der Waals surface area contributed by atoms with Gasteiger partial charge in [0.2, 0.25) is 0 Å². The summed E-state index contributed by atoms with van der Waals surface area (Å²) in [5.74, 6) is 1.30. The molecule has 3 rings (SSSR count). The minimum absolute atomic E-state index is 0.474. The maximum absolute atomic E-state index is 4.29. The Labute approximate surface area is 140 Å². The van der Waals surface area contributed by atoms with Crippen molar-refractivity contribution in [3.05, 3.63) is 58.4 Å². The van der Waals surface area contributed by atoms with E-state index in [-0.39, 0.29) is 0 Å². The number of aliphatic imine (C=N–C) groups is 1. The maximum atomic E-state index is 4.29. The summed E-state index contributed by atoms with van der Waals surface area (Å²) in [4.78, 5) is 9.11. The predicted molar refractivity (Wildman–Crippen MR) is 99.2 cm³/mol. The lowest BCUT2D eigenvalue weighted by Crippen LogP contribution is -2.38. The van der Waals surface area contributed by atoms with Crippen molar-refractivity contribution in [2.24, 2.45) is 4.99 Å². The second-order valence-electron chi connectivity index (χ2n) is 5.60. The Bertz CT molecular complexity index is 740. The molecule has 4 nitrogen and oxygen atoms in total. The number of benzene rings is 1. The number of nitrogens with one attached hydrogen (secondary N) is 3. The fourth-order valence-corrected chi connectivity index (χ4v) is 3.34. The maximum Gasteiger partial charge on any atom is 0.191 e. The third kappa shape index (κ3) is 3.93. The van der Waals surface area contributed by atoms with Crippen LogP contribution in [0.25, 0.3) is 10.9 Å². The van der Waals surface area contributed by atoms with Crippen LogP contribution in [0, 0.1) is 0 Å². The molecule has 5 heteroatoms. The number of aromatic amines is 1. The van der Waals surface area contributed by atoms with Gasteiger partial charge in [-0.05, 0) is 29.0 Å². The first-order chi connectivity index (χ1) is 11.3. The van der Waals surface area contributed by atoms with Crippen LogP contribution in [-0.2, 0) is 6.54 Å². The van der Waals surface area contributed by atoms with E-state index in [1.54, 1.807) is 18.4 Å². The average molecular weight is 326 g/mol. The standard InChI is InChI=1S/C18H22N4S/c1-13(17-8-5-9-23-17)11-20-18(19-2)21-12-15-10-14-6-3-4-7-16(14)22-15/h3-10,13,22H,11-12H2,1-2H3,(H2,19,20,21). The summed E-state index contributed by atoms with van der Waals surface area (Å²) in [6.07, 6.45) is 0. The molecule has 0 saturated heterocycles. The second kappa shape index (κ2) is 7.33. The minimum atomic E-state index is 0.474. The smallest absolute Gasteiger partial charge is 0.191 e. The molecule has 1 atom stereocenters. The summed E-state index contributed by atoms with van der Waals surface area (Å²) in [6, 6.07) is 14.8. The number of fused-ring (bicyclic) bond motifs is 1. The number of para-hydroxylation sites is 1. The molecular formula is C18H22N4S. The van der Waals surface area contributed by atoms with Crippen LogP contribution in [-0.4, -0.2) is 24.5 Å². The average Bonchev–Trinajstić information content (AvgIpc) is 3.24. The Hall–Kier alpha value is -2.27. The van der Waals surface area contributed by atoms with E-state index in [2.05, 4.69) is 69.3 Å². The molecule has 0 aliphatic heterocycles. The molecule has 1 unspecified atom stereocenters. The summed E-state index contributed by atoms with van der Waals surface area (Å²) in [5.41, 5.74) is 2.32. The molecule has 3 N–H and O–H groups in total. The number of hydrogen-bond acceptors (Lipinski definition) is 2. The van der Waals surface area contributed by atoms with Crippen molar-refractivity contribution in [2.45, 2.75) is 19.4 Å². The van der Waals surface area contributed by atoms with Crippen LogP contribution in [0.4, 0.5) is 0 Å². The van der Waals surface area contributed by atoms with Crippen LogP contribution in [0.1, 0.15) is 23.4 Å². The molecule has 0 radical (unpaired) electrons. The molecule has 0 aliphatic rings. The van der Waals surface area contributed by atoms with Gasteiger partial charge in [0.25, 0.3) is 0 Å². The van der Waals surface area contributed by atoms with E-state index >= 15 is 0 Å². The molecule has 0 saturated carbocycles. The Morgan fingerprint density at radius 1 is 1.22 bits per heavy atom. The highest BCUT2D eigenvalue weighted by Crippen LogP contribution is 2.19. The van der Waals surface area contributed by atoms with Gasteiger partial charge in [-0.15, -0.1) is 11.3 Å². The summed E-state index contributed by atoms with van der Waals surface area (Å²) in [7, 11) is 1.80. The number of H-pyrrole nitrogens is 1. The zero-order valence-electron chi connectivity index (χ0n) is 13.5. The Balaban J connectivity index is 1.53. The fourth-order valence-electron chi connectivity index (χ4n) is 2.55. The molecular weight excluding hydrogens is 304 g/mol. The number of guanidine groups is 1. The lowest BCUT2D eigenvalue weighted by Gasteiger charge is -2.14. The van der Waals surface area contributed by atoms with Gasteiger partial charge in [0.1, 0.15) is 0 Å². The molecule has 3 aromatic rings. The van der Waals surface area contributed by atoms with Gasteiger partial charge in [0, 0.05) is 35.6 Å². The zero-order valence-corrected chi connectivity index (χ0v) is 14.3. The summed E-state index contributed by atoms with van der Waals surface area (Å²) < 4.78 is 0. The molecule has 2 heterocycles. The molecule has 0 fully saturated rings. The van der Waals surface area contributed by atoms with Gasteiger partial charge in [0.05, 0.1) is 6.54 Å². The van der Waals surface area contributed by atoms with Gasteiger partial charge in [0.15, 0.2) is 5.96 Å². The van der Waals surface area contributed by atoms with Gasteiger partial charge in [-0.25, -0.2) is 0 Å². The molecule has 23 heavy (non-hydrogen) atoms. The SMILES string of the molecule is CN=C(NCc1cc2ccccc2[nH]1)NCC(C)c1cccs1. The number of hydrogen-bond donors (Lipinski definition) is 3. The van der Waals surface area contributed by atoms with Crippen LogP contribution in [0.2, 0.25) is 0 Å². The van der Waals surface area contributed by atoms with Crippen molar-refractivity contribution < 1.29 is 0 Å². The third-order valence-electron chi connectivity index (χ3n) is 3.86. The van der Waals surface area contributed by atoms with Crippen molar-refractivity contribution in [1.82, 2.24) is 15.6 Å². The number of aromatic nitrogens is 1. The lowest BCUT2D eigenvalue weighted by atomic mass is 10.1. The van der Waals surface area contributed by atoms with Crippen molar-refractivity contribution >= 4 is 28.2 Å². The second-order valence-corrected chi connectivity index (χ2v) is 6.58. The first-order valence-electron chi connectivity index (χ1n) is 7.81. The molecule has 2 aromatic heterocycles. The Kier molecular flexibility index (Phi) is 4.98. The highest BCUT2D eigenvalue weighted by Gasteiger charge is 2.08. The van der Waals surface area contributed by atoms with Gasteiger partial charge < -0.3 is 15.6 Å². The fraction of sp³-hybridized carbons (Fsp3) is 0.278. The predicted octanol–water partition coefficient (Wildman–Crippen LogP) is 3.70. The van der Waals surface area contributed by atoms with Crippen molar-refractivity contribution in [3.8, 4) is 0 Å². The Morgan fingerprint density at radius 2 is 2.09 bits per heavy atom. The quantitative estimate of drug-likeness (QED) is 0.495. The molecule has 1 aromatic carbocycles. The topological polar surface area (TPSA) is 52.2 Å². The minimum Gasteiger partial charge on any atom is -0.357 e. The van der Waals surface area contributed by atoms with Crippen molar-refractivity contribution in [1.29, 1.82) is 0 Å². The van der Waals surface area contributed by atoms with Crippen molar-refractivity contribution in [3.63, 3.8) is 0 Å². The highest BCUT2D eigenvalue weighted by atomic mass is 32.1.